The molecule has 1 unspecified atom stereocenters. The SMILES string of the molecule is CSc1ccccc1NC(c1cccs1)c1nccn1C. The molecular weight excluding hydrogens is 298 g/mol. The topological polar surface area (TPSA) is 29.9 Å². The Balaban J connectivity index is 1.99. The zero-order valence-electron chi connectivity index (χ0n) is 12.0. The van der Waals surface area contributed by atoms with Gasteiger partial charge in [-0.3, -0.25) is 0 Å². The maximum Gasteiger partial charge on any atom is 0.136 e. The normalized spacial score (nSPS) is 12.3. The fraction of sp³-hybridized carbons (Fsp3) is 0.188. The number of aromatic nitrogens is 2. The van der Waals surface area contributed by atoms with Crippen LogP contribution in [0.2, 0.25) is 0 Å². The molecule has 0 spiro atoms. The lowest BCUT2D eigenvalue weighted by atomic mass is 10.2. The van der Waals surface area contributed by atoms with Crippen molar-refractivity contribution in [1.82, 2.24) is 9.55 Å². The molecule has 0 aliphatic carbocycles. The molecule has 3 nitrogen and oxygen atoms in total. The Kier molecular flexibility index (Phi) is 4.31. The lowest BCUT2D eigenvalue weighted by molar-refractivity contribution is 0.755. The Bertz CT molecular complexity index is 704. The van der Waals surface area contributed by atoms with Crippen LogP contribution in [0, 0.1) is 0 Å². The van der Waals surface area contributed by atoms with Crippen molar-refractivity contribution in [3.05, 3.63) is 64.9 Å². The van der Waals surface area contributed by atoms with Crippen LogP contribution in [0.1, 0.15) is 16.7 Å². The lowest BCUT2D eigenvalue weighted by Gasteiger charge is -2.20. The van der Waals surface area contributed by atoms with Crippen molar-refractivity contribution in [1.29, 1.82) is 0 Å². The molecule has 0 bridgehead atoms. The highest BCUT2D eigenvalue weighted by atomic mass is 32.2. The molecule has 2 heterocycles. The highest BCUT2D eigenvalue weighted by molar-refractivity contribution is 7.98. The van der Waals surface area contributed by atoms with Gasteiger partial charge in [0.15, 0.2) is 0 Å². The lowest BCUT2D eigenvalue weighted by Crippen LogP contribution is -2.16. The number of benzene rings is 1. The first-order valence-corrected chi connectivity index (χ1v) is 8.80. The molecule has 3 aromatic rings. The van der Waals surface area contributed by atoms with Crippen molar-refractivity contribution in [2.75, 3.05) is 11.6 Å². The summed E-state index contributed by atoms with van der Waals surface area (Å²) in [4.78, 5) is 7.03. The molecule has 1 N–H and O–H groups in total. The summed E-state index contributed by atoms with van der Waals surface area (Å²) in [5, 5.41) is 5.76. The van der Waals surface area contributed by atoms with E-state index in [9.17, 15) is 0 Å². The van der Waals surface area contributed by atoms with Crippen LogP contribution in [-0.2, 0) is 7.05 Å². The average molecular weight is 315 g/mol. The summed E-state index contributed by atoms with van der Waals surface area (Å²) in [5.74, 6) is 1.02. The van der Waals surface area contributed by atoms with Crippen LogP contribution in [0.25, 0.3) is 0 Å². The van der Waals surface area contributed by atoms with Crippen LogP contribution in [0.15, 0.2) is 59.1 Å². The molecular formula is C16H17N3S2. The summed E-state index contributed by atoms with van der Waals surface area (Å²) >= 11 is 3.50. The summed E-state index contributed by atoms with van der Waals surface area (Å²) < 4.78 is 2.07. The number of imidazole rings is 1. The van der Waals surface area contributed by atoms with Crippen LogP contribution < -0.4 is 5.32 Å². The van der Waals surface area contributed by atoms with E-state index in [1.807, 2.05) is 19.4 Å². The van der Waals surface area contributed by atoms with E-state index in [1.165, 1.54) is 9.77 Å². The number of para-hydroxylation sites is 1. The molecule has 0 amide bonds. The number of nitrogens with zero attached hydrogens (tertiary/aromatic N) is 2. The van der Waals surface area contributed by atoms with Crippen molar-refractivity contribution >= 4 is 28.8 Å². The van der Waals surface area contributed by atoms with E-state index < -0.39 is 0 Å². The van der Waals surface area contributed by atoms with Gasteiger partial charge in [0.05, 0.1) is 0 Å². The van der Waals surface area contributed by atoms with Gasteiger partial charge < -0.3 is 9.88 Å². The highest BCUT2D eigenvalue weighted by Gasteiger charge is 2.20. The molecule has 1 atom stereocenters. The van der Waals surface area contributed by atoms with Gasteiger partial charge in [0.1, 0.15) is 11.9 Å². The second-order valence-corrected chi connectivity index (χ2v) is 6.52. The zero-order valence-corrected chi connectivity index (χ0v) is 13.6. The maximum atomic E-state index is 4.52. The molecule has 5 heteroatoms. The van der Waals surface area contributed by atoms with Crippen molar-refractivity contribution in [3.63, 3.8) is 0 Å². The molecule has 0 radical (unpaired) electrons. The van der Waals surface area contributed by atoms with E-state index in [4.69, 9.17) is 0 Å². The molecule has 2 aromatic heterocycles. The van der Waals surface area contributed by atoms with Gasteiger partial charge in [0.2, 0.25) is 0 Å². The summed E-state index contributed by atoms with van der Waals surface area (Å²) in [5.41, 5.74) is 1.14. The molecule has 1 aromatic carbocycles. The Labute approximate surface area is 133 Å². The monoisotopic (exact) mass is 315 g/mol. The van der Waals surface area contributed by atoms with Gasteiger partial charge in [0, 0.05) is 34.9 Å². The van der Waals surface area contributed by atoms with E-state index in [1.54, 1.807) is 23.1 Å². The number of rotatable bonds is 5. The molecule has 0 saturated carbocycles. The van der Waals surface area contributed by atoms with Crippen molar-refractivity contribution < 1.29 is 0 Å². The van der Waals surface area contributed by atoms with Crippen LogP contribution in [0.3, 0.4) is 0 Å². The Hall–Kier alpha value is -1.72. The van der Waals surface area contributed by atoms with Gasteiger partial charge >= 0.3 is 0 Å². The summed E-state index contributed by atoms with van der Waals surface area (Å²) in [6.07, 6.45) is 5.93. The first-order valence-electron chi connectivity index (χ1n) is 6.70. The number of thioether (sulfide) groups is 1. The molecule has 0 aliphatic rings. The van der Waals surface area contributed by atoms with E-state index in [-0.39, 0.29) is 6.04 Å². The van der Waals surface area contributed by atoms with Crippen molar-refractivity contribution in [2.45, 2.75) is 10.9 Å². The number of nitrogens with one attached hydrogen (secondary N) is 1. The quantitative estimate of drug-likeness (QED) is 0.708. The van der Waals surface area contributed by atoms with Crippen molar-refractivity contribution in [3.8, 4) is 0 Å². The Morgan fingerprint density at radius 1 is 1.24 bits per heavy atom. The minimum absolute atomic E-state index is 0.0679. The van der Waals surface area contributed by atoms with Gasteiger partial charge in [-0.1, -0.05) is 18.2 Å². The predicted molar refractivity (Wildman–Crippen MR) is 91.2 cm³/mol. The van der Waals surface area contributed by atoms with Crippen molar-refractivity contribution in [2.24, 2.45) is 7.05 Å². The standard InChI is InChI=1S/C16H17N3S2/c1-19-10-9-17-16(19)15(14-8-5-11-21-14)18-12-6-3-4-7-13(12)20-2/h3-11,15,18H,1-2H3. The Morgan fingerprint density at radius 3 is 2.76 bits per heavy atom. The molecule has 0 saturated heterocycles. The molecule has 21 heavy (non-hydrogen) atoms. The highest BCUT2D eigenvalue weighted by Crippen LogP contribution is 2.32. The second-order valence-electron chi connectivity index (χ2n) is 4.69. The Morgan fingerprint density at radius 2 is 2.10 bits per heavy atom. The number of hydrogen-bond donors (Lipinski definition) is 1. The van der Waals surface area contributed by atoms with Crippen LogP contribution in [-0.4, -0.2) is 15.8 Å². The van der Waals surface area contributed by atoms with Gasteiger partial charge in [0.25, 0.3) is 0 Å². The third-order valence-electron chi connectivity index (χ3n) is 3.35. The van der Waals surface area contributed by atoms with Crippen LogP contribution >= 0.6 is 23.1 Å². The van der Waals surface area contributed by atoms with E-state index in [0.717, 1.165) is 11.5 Å². The maximum absolute atomic E-state index is 4.52. The molecule has 3 rings (SSSR count). The largest absolute Gasteiger partial charge is 0.370 e. The first-order chi connectivity index (χ1) is 10.3. The summed E-state index contributed by atoms with van der Waals surface area (Å²) in [6.45, 7) is 0. The summed E-state index contributed by atoms with van der Waals surface area (Å²) in [6, 6.07) is 12.7. The first kappa shape index (κ1) is 14.2. The fourth-order valence-corrected chi connectivity index (χ4v) is 3.63. The second kappa shape index (κ2) is 6.37. The minimum atomic E-state index is 0.0679. The molecule has 0 fully saturated rings. The molecule has 108 valence electrons. The number of aryl methyl sites for hydroxylation is 1. The van der Waals surface area contributed by atoms with Gasteiger partial charge in [-0.15, -0.1) is 23.1 Å². The fourth-order valence-electron chi connectivity index (χ4n) is 2.29. The van der Waals surface area contributed by atoms with E-state index in [2.05, 4.69) is 62.9 Å². The van der Waals surface area contributed by atoms with Crippen LogP contribution in [0.5, 0.6) is 0 Å². The summed E-state index contributed by atoms with van der Waals surface area (Å²) in [7, 11) is 2.03. The number of thiophene rings is 1. The van der Waals surface area contributed by atoms with Gasteiger partial charge in [-0.05, 0) is 29.8 Å². The number of hydrogen-bond acceptors (Lipinski definition) is 4. The van der Waals surface area contributed by atoms with Crippen LogP contribution in [0.4, 0.5) is 5.69 Å². The van der Waals surface area contributed by atoms with E-state index in [0.29, 0.717) is 0 Å². The average Bonchev–Trinajstić information content (AvgIpc) is 3.17. The molecule has 0 aliphatic heterocycles. The number of anilines is 1. The predicted octanol–water partition coefficient (Wildman–Crippen LogP) is 4.41. The van der Waals surface area contributed by atoms with E-state index >= 15 is 0 Å². The zero-order chi connectivity index (χ0) is 14.7. The van der Waals surface area contributed by atoms with Gasteiger partial charge in [-0.25, -0.2) is 4.98 Å². The van der Waals surface area contributed by atoms with Gasteiger partial charge in [-0.2, -0.15) is 0 Å². The third kappa shape index (κ3) is 2.99. The smallest absolute Gasteiger partial charge is 0.136 e. The minimum Gasteiger partial charge on any atom is -0.370 e. The third-order valence-corrected chi connectivity index (χ3v) is 5.08.